The lowest BCUT2D eigenvalue weighted by Crippen LogP contribution is -2.26. The molecule has 3 N–H and O–H groups in total. The van der Waals surface area contributed by atoms with Crippen LogP contribution < -0.4 is 11.1 Å². The van der Waals surface area contributed by atoms with E-state index in [1.807, 2.05) is 31.2 Å². The second kappa shape index (κ2) is 6.40. The molecule has 0 aromatic heterocycles. The summed E-state index contributed by atoms with van der Waals surface area (Å²) in [6.07, 6.45) is 3.06. The Balaban J connectivity index is 1.97. The average molecular weight is 256 g/mol. The Bertz CT molecular complexity index is 509. The summed E-state index contributed by atoms with van der Waals surface area (Å²) in [6.45, 7) is 2.36. The van der Waals surface area contributed by atoms with Crippen LogP contribution in [0.25, 0.3) is 0 Å². The van der Waals surface area contributed by atoms with Crippen LogP contribution in [-0.2, 0) is 4.79 Å². The first-order valence-corrected chi connectivity index (χ1v) is 6.77. The number of nitrogens with two attached hydrogens (primary N) is 1. The van der Waals surface area contributed by atoms with Crippen molar-refractivity contribution in [1.29, 1.82) is 0 Å². The molecule has 1 aliphatic rings. The molecule has 1 atom stereocenters. The molecule has 2 rings (SSSR count). The molecule has 1 fully saturated rings. The van der Waals surface area contributed by atoms with Crippen LogP contribution in [0, 0.1) is 17.8 Å². The Morgan fingerprint density at radius 3 is 3.00 bits per heavy atom. The topological polar surface area (TPSA) is 55.1 Å². The molecule has 0 bridgehead atoms. The van der Waals surface area contributed by atoms with E-state index >= 15 is 0 Å². The van der Waals surface area contributed by atoms with Gasteiger partial charge < -0.3 is 11.1 Å². The van der Waals surface area contributed by atoms with E-state index in [-0.39, 0.29) is 11.9 Å². The Hall–Kier alpha value is -1.79. The smallest absolute Gasteiger partial charge is 0.220 e. The highest BCUT2D eigenvalue weighted by atomic mass is 16.1. The maximum absolute atomic E-state index is 11.8. The fraction of sp³-hybridized carbons (Fsp3) is 0.438. The summed E-state index contributed by atoms with van der Waals surface area (Å²) in [7, 11) is 0. The number of amides is 1. The fourth-order valence-corrected chi connectivity index (χ4v) is 2.01. The molecule has 0 spiro atoms. The average Bonchev–Trinajstić information content (AvgIpc) is 3.20. The van der Waals surface area contributed by atoms with Crippen LogP contribution in [0.4, 0.5) is 0 Å². The van der Waals surface area contributed by atoms with Gasteiger partial charge >= 0.3 is 0 Å². The third-order valence-corrected chi connectivity index (χ3v) is 3.27. The van der Waals surface area contributed by atoms with Crippen molar-refractivity contribution in [2.24, 2.45) is 11.7 Å². The van der Waals surface area contributed by atoms with Crippen molar-refractivity contribution in [2.75, 3.05) is 6.54 Å². The largest absolute Gasteiger partial charge is 0.350 e. The van der Waals surface area contributed by atoms with Crippen LogP contribution in [0.5, 0.6) is 0 Å². The molecule has 0 saturated heterocycles. The molecule has 3 nitrogen and oxygen atoms in total. The van der Waals surface area contributed by atoms with E-state index < -0.39 is 0 Å². The molecule has 19 heavy (non-hydrogen) atoms. The summed E-state index contributed by atoms with van der Waals surface area (Å²) in [5, 5.41) is 3.04. The zero-order valence-corrected chi connectivity index (χ0v) is 11.3. The Morgan fingerprint density at radius 2 is 2.32 bits per heavy atom. The summed E-state index contributed by atoms with van der Waals surface area (Å²) >= 11 is 0. The minimum absolute atomic E-state index is 0.0193. The van der Waals surface area contributed by atoms with Crippen molar-refractivity contribution in [1.82, 2.24) is 5.32 Å². The van der Waals surface area contributed by atoms with Crippen molar-refractivity contribution < 1.29 is 4.79 Å². The number of carbonyl (C=O) groups is 1. The summed E-state index contributed by atoms with van der Waals surface area (Å²) in [5.74, 6) is 6.61. The lowest BCUT2D eigenvalue weighted by molar-refractivity contribution is -0.122. The first-order chi connectivity index (χ1) is 9.19. The van der Waals surface area contributed by atoms with Crippen molar-refractivity contribution in [3.8, 4) is 11.8 Å². The molecule has 1 unspecified atom stereocenters. The fourth-order valence-electron chi connectivity index (χ4n) is 2.01. The highest BCUT2D eigenvalue weighted by Gasteiger charge is 2.24. The number of carbonyl (C=O) groups excluding carboxylic acids is 1. The monoisotopic (exact) mass is 256 g/mol. The molecule has 1 saturated carbocycles. The Morgan fingerprint density at radius 1 is 1.53 bits per heavy atom. The number of nitrogens with one attached hydrogen (secondary N) is 1. The van der Waals surface area contributed by atoms with Gasteiger partial charge in [-0.2, -0.15) is 0 Å². The van der Waals surface area contributed by atoms with Crippen molar-refractivity contribution in [3.05, 3.63) is 35.4 Å². The molecule has 1 aromatic carbocycles. The number of rotatable bonds is 4. The quantitative estimate of drug-likeness (QED) is 0.809. The maximum atomic E-state index is 11.8. The minimum atomic E-state index is 0.0193. The van der Waals surface area contributed by atoms with Crippen LogP contribution in [0.3, 0.4) is 0 Å². The van der Waals surface area contributed by atoms with E-state index in [1.54, 1.807) is 0 Å². The zero-order valence-electron chi connectivity index (χ0n) is 11.3. The standard InChI is InChI=1S/C16H20N2O/c1-12(18-16(19)11-14-7-8-14)15-6-2-4-13(10-15)5-3-9-17/h2,4,6,10,12,14H,7-9,11,17H2,1H3,(H,18,19). The molecule has 1 aromatic rings. The minimum Gasteiger partial charge on any atom is -0.350 e. The normalized spacial score (nSPS) is 15.3. The molecule has 1 amide bonds. The van der Waals surface area contributed by atoms with Gasteiger partial charge in [0.1, 0.15) is 0 Å². The highest BCUT2D eigenvalue weighted by Crippen LogP contribution is 2.32. The Kier molecular flexibility index (Phi) is 4.59. The number of benzene rings is 1. The first kappa shape index (κ1) is 13.6. The SMILES string of the molecule is CC(NC(=O)CC1CC1)c1cccc(C#CCN)c1. The highest BCUT2D eigenvalue weighted by molar-refractivity contribution is 5.77. The van der Waals surface area contributed by atoms with Crippen LogP contribution in [-0.4, -0.2) is 12.5 Å². The number of hydrogen-bond acceptors (Lipinski definition) is 2. The Labute approximate surface area is 114 Å². The molecule has 3 heteroatoms. The van der Waals surface area contributed by atoms with Crippen molar-refractivity contribution in [3.63, 3.8) is 0 Å². The van der Waals surface area contributed by atoms with Gasteiger partial charge in [-0.1, -0.05) is 24.0 Å². The molecule has 0 aliphatic heterocycles. The molecule has 0 radical (unpaired) electrons. The van der Waals surface area contributed by atoms with E-state index in [9.17, 15) is 4.79 Å². The van der Waals surface area contributed by atoms with Crippen LogP contribution in [0.2, 0.25) is 0 Å². The summed E-state index contributed by atoms with van der Waals surface area (Å²) in [6, 6.07) is 7.94. The maximum Gasteiger partial charge on any atom is 0.220 e. The first-order valence-electron chi connectivity index (χ1n) is 6.77. The van der Waals surface area contributed by atoms with Gasteiger partial charge in [0.25, 0.3) is 0 Å². The predicted molar refractivity (Wildman–Crippen MR) is 76.3 cm³/mol. The van der Waals surface area contributed by atoms with Gasteiger partial charge in [0, 0.05) is 12.0 Å². The van der Waals surface area contributed by atoms with Gasteiger partial charge in [-0.25, -0.2) is 0 Å². The van der Waals surface area contributed by atoms with Gasteiger partial charge in [0.15, 0.2) is 0 Å². The molecular formula is C16H20N2O. The molecule has 100 valence electrons. The van der Waals surface area contributed by atoms with E-state index in [1.165, 1.54) is 12.8 Å². The summed E-state index contributed by atoms with van der Waals surface area (Å²) in [4.78, 5) is 11.8. The van der Waals surface area contributed by atoms with Gasteiger partial charge in [0.2, 0.25) is 5.91 Å². The van der Waals surface area contributed by atoms with Crippen LogP contribution >= 0.6 is 0 Å². The molecule has 1 aliphatic carbocycles. The molecule has 0 heterocycles. The summed E-state index contributed by atoms with van der Waals surface area (Å²) < 4.78 is 0. The third-order valence-electron chi connectivity index (χ3n) is 3.27. The number of hydrogen-bond donors (Lipinski definition) is 2. The van der Waals surface area contributed by atoms with E-state index in [0.29, 0.717) is 18.9 Å². The third kappa shape index (κ3) is 4.42. The van der Waals surface area contributed by atoms with E-state index in [0.717, 1.165) is 11.1 Å². The van der Waals surface area contributed by atoms with Gasteiger partial charge in [-0.15, -0.1) is 0 Å². The van der Waals surface area contributed by atoms with Crippen molar-refractivity contribution in [2.45, 2.75) is 32.2 Å². The van der Waals surface area contributed by atoms with Crippen LogP contribution in [0.1, 0.15) is 43.4 Å². The lowest BCUT2D eigenvalue weighted by atomic mass is 10.0. The zero-order chi connectivity index (χ0) is 13.7. The second-order valence-corrected chi connectivity index (χ2v) is 5.07. The molecular weight excluding hydrogens is 236 g/mol. The summed E-state index contributed by atoms with van der Waals surface area (Å²) in [5.41, 5.74) is 7.37. The van der Waals surface area contributed by atoms with Gasteiger partial charge in [0.05, 0.1) is 12.6 Å². The van der Waals surface area contributed by atoms with Crippen LogP contribution in [0.15, 0.2) is 24.3 Å². The van der Waals surface area contributed by atoms with Gasteiger partial charge in [-0.05, 0) is 43.4 Å². The van der Waals surface area contributed by atoms with Crippen molar-refractivity contribution >= 4 is 5.91 Å². The van der Waals surface area contributed by atoms with Gasteiger partial charge in [-0.3, -0.25) is 4.79 Å². The lowest BCUT2D eigenvalue weighted by Gasteiger charge is -2.14. The van der Waals surface area contributed by atoms with E-state index in [4.69, 9.17) is 5.73 Å². The van der Waals surface area contributed by atoms with E-state index in [2.05, 4.69) is 17.2 Å². The second-order valence-electron chi connectivity index (χ2n) is 5.07. The predicted octanol–water partition coefficient (Wildman–Crippen LogP) is 1.97.